The Morgan fingerprint density at radius 1 is 0.325 bits per heavy atom. The van der Waals surface area contributed by atoms with E-state index in [2.05, 4.69) is 234 Å². The Kier molecular flexibility index (Phi) is 15.5. The summed E-state index contributed by atoms with van der Waals surface area (Å²) in [5.41, 5.74) is 24.9. The molecule has 3 aliphatic rings. The third kappa shape index (κ3) is 10.8. The monoisotopic (exact) mass is 1050 g/mol. The summed E-state index contributed by atoms with van der Waals surface area (Å²) < 4.78 is 33.4. The van der Waals surface area contributed by atoms with E-state index in [1.807, 2.05) is 0 Å². The molecule has 3 atom stereocenters. The van der Waals surface area contributed by atoms with Gasteiger partial charge < -0.3 is 0 Å². The Balaban J connectivity index is 0.851. The molecule has 410 valence electrons. The van der Waals surface area contributed by atoms with Gasteiger partial charge in [0.15, 0.2) is 0 Å². The average molecular weight is 1050 g/mol. The zero-order valence-electron chi connectivity index (χ0n) is 50.6. The summed E-state index contributed by atoms with van der Waals surface area (Å²) in [7, 11) is -4.02. The van der Waals surface area contributed by atoms with Crippen molar-refractivity contribution in [2.24, 2.45) is 17.8 Å². The summed E-state index contributed by atoms with van der Waals surface area (Å²) in [6, 6.07) is 40.4. The SMILES string of the molecule is Cc1cc2c(cc1CCc1ccc(COP(=O)(OCc3ccc(CCc4cc5c(cc4C)C(C)(C)C(C)C5(C)C)cc3)OCc3ccc(CCc4cc5c(cc4C)C(C)(C)C(C)C5(C)C)cc3)cc1)C(C)(C)C(C)C2(C)C. The van der Waals surface area contributed by atoms with E-state index in [1.54, 1.807) is 0 Å². The van der Waals surface area contributed by atoms with Crippen LogP contribution in [-0.4, -0.2) is 0 Å². The van der Waals surface area contributed by atoms with Gasteiger partial charge in [0.1, 0.15) is 0 Å². The number of phosphoric ester groups is 1. The topological polar surface area (TPSA) is 44.8 Å². The van der Waals surface area contributed by atoms with Crippen molar-refractivity contribution in [1.82, 2.24) is 0 Å². The third-order valence-corrected chi connectivity index (χ3v) is 22.7. The molecule has 0 radical (unpaired) electrons. The predicted molar refractivity (Wildman–Crippen MR) is 323 cm³/mol. The number of benzene rings is 6. The van der Waals surface area contributed by atoms with Crippen LogP contribution in [-0.2, 0) is 109 Å². The molecule has 9 rings (SSSR count). The first kappa shape index (κ1) is 57.1. The second kappa shape index (κ2) is 20.8. The first-order chi connectivity index (χ1) is 36.0. The fourth-order valence-corrected chi connectivity index (χ4v) is 15.3. The van der Waals surface area contributed by atoms with Crippen LogP contribution in [0.2, 0.25) is 0 Å². The maximum absolute atomic E-state index is 14.7. The first-order valence-electron chi connectivity index (χ1n) is 29.2. The minimum Gasteiger partial charge on any atom is -0.282 e. The fourth-order valence-electron chi connectivity index (χ4n) is 14.2. The van der Waals surface area contributed by atoms with Gasteiger partial charge in [-0.15, -0.1) is 0 Å². The second-order valence-electron chi connectivity index (χ2n) is 27.7. The molecule has 4 nitrogen and oxygen atoms in total. The first-order valence-corrected chi connectivity index (χ1v) is 30.6. The van der Waals surface area contributed by atoms with Gasteiger partial charge in [-0.2, -0.15) is 0 Å². The van der Waals surface area contributed by atoms with Crippen molar-refractivity contribution in [3.63, 3.8) is 0 Å². The van der Waals surface area contributed by atoms with Crippen molar-refractivity contribution < 1.29 is 18.1 Å². The summed E-state index contributed by atoms with van der Waals surface area (Å²) in [6.45, 7) is 43.2. The zero-order chi connectivity index (χ0) is 55.8. The van der Waals surface area contributed by atoms with Gasteiger partial charge in [0.05, 0.1) is 19.8 Å². The van der Waals surface area contributed by atoms with Crippen LogP contribution < -0.4 is 0 Å². The van der Waals surface area contributed by atoms with Gasteiger partial charge in [0.2, 0.25) is 0 Å². The molecule has 0 aromatic heterocycles. The fraction of sp³-hybridized carbons (Fsp3) is 0.500. The number of fused-ring (bicyclic) bond motifs is 3. The average Bonchev–Trinajstić information content (AvgIpc) is 3.71. The summed E-state index contributed by atoms with van der Waals surface area (Å²) in [5, 5.41) is 0. The van der Waals surface area contributed by atoms with Crippen LogP contribution in [0.3, 0.4) is 0 Å². The largest absolute Gasteiger partial charge is 0.475 e. The lowest BCUT2D eigenvalue weighted by Crippen LogP contribution is -2.30. The van der Waals surface area contributed by atoms with Crippen molar-refractivity contribution in [2.45, 2.75) is 215 Å². The molecule has 0 aliphatic heterocycles. The van der Waals surface area contributed by atoms with E-state index in [0.29, 0.717) is 17.8 Å². The Morgan fingerprint density at radius 3 is 0.740 bits per heavy atom. The molecule has 0 saturated carbocycles. The summed E-state index contributed by atoms with van der Waals surface area (Å²) in [6.07, 6.45) is 5.76. The van der Waals surface area contributed by atoms with Crippen LogP contribution in [0.1, 0.15) is 204 Å². The molecule has 3 aliphatic carbocycles. The highest BCUT2D eigenvalue weighted by atomic mass is 31.2. The number of rotatable bonds is 18. The van der Waals surface area contributed by atoms with Gasteiger partial charge in [-0.3, -0.25) is 13.6 Å². The van der Waals surface area contributed by atoms with E-state index in [4.69, 9.17) is 13.6 Å². The van der Waals surface area contributed by atoms with Crippen LogP contribution in [0.4, 0.5) is 0 Å². The normalized spacial score (nSPS) is 21.6. The van der Waals surface area contributed by atoms with Gasteiger partial charge >= 0.3 is 7.82 Å². The third-order valence-electron chi connectivity index (χ3n) is 21.4. The maximum Gasteiger partial charge on any atom is 0.475 e. The number of hydrogen-bond donors (Lipinski definition) is 0. The van der Waals surface area contributed by atoms with Gasteiger partial charge in [0, 0.05) is 0 Å². The lowest BCUT2D eigenvalue weighted by Gasteiger charge is -2.32. The van der Waals surface area contributed by atoms with Crippen LogP contribution >= 0.6 is 7.82 Å². The van der Waals surface area contributed by atoms with E-state index in [1.165, 1.54) is 83.5 Å². The van der Waals surface area contributed by atoms with Crippen molar-refractivity contribution in [2.75, 3.05) is 0 Å². The molecule has 0 heterocycles. The minimum absolute atomic E-state index is 0.105. The molecule has 0 N–H and O–H groups in total. The van der Waals surface area contributed by atoms with E-state index >= 15 is 0 Å². The molecule has 0 saturated heterocycles. The van der Waals surface area contributed by atoms with Crippen molar-refractivity contribution >= 4 is 7.82 Å². The van der Waals surface area contributed by atoms with E-state index in [-0.39, 0.29) is 52.3 Å². The maximum atomic E-state index is 14.7. The summed E-state index contributed by atoms with van der Waals surface area (Å²) in [5.74, 6) is 1.70. The highest BCUT2D eigenvalue weighted by Gasteiger charge is 2.51. The van der Waals surface area contributed by atoms with Crippen LogP contribution in [0.15, 0.2) is 109 Å². The summed E-state index contributed by atoms with van der Waals surface area (Å²) >= 11 is 0. The Hall–Kier alpha value is -4.57. The molecule has 6 aromatic carbocycles. The molecular formula is C72H93O4P. The van der Waals surface area contributed by atoms with Crippen LogP contribution in [0.25, 0.3) is 0 Å². The van der Waals surface area contributed by atoms with Crippen molar-refractivity contribution in [3.8, 4) is 0 Å². The highest BCUT2D eigenvalue weighted by molar-refractivity contribution is 7.48. The van der Waals surface area contributed by atoms with E-state index < -0.39 is 7.82 Å². The lowest BCUT2D eigenvalue weighted by atomic mass is 9.71. The minimum atomic E-state index is -4.02. The zero-order valence-corrected chi connectivity index (χ0v) is 51.5. The highest BCUT2D eigenvalue weighted by Crippen LogP contribution is 2.57. The lowest BCUT2D eigenvalue weighted by molar-refractivity contribution is 0.0978. The molecule has 0 bridgehead atoms. The number of hydrogen-bond acceptors (Lipinski definition) is 4. The van der Waals surface area contributed by atoms with Gasteiger partial charge in [-0.1, -0.05) is 213 Å². The Morgan fingerprint density at radius 2 is 0.519 bits per heavy atom. The molecule has 77 heavy (non-hydrogen) atoms. The van der Waals surface area contributed by atoms with Gasteiger partial charge in [0.25, 0.3) is 0 Å². The van der Waals surface area contributed by atoms with Gasteiger partial charge in [-0.05, 0) is 210 Å². The number of aryl methyl sites for hydroxylation is 9. The van der Waals surface area contributed by atoms with Gasteiger partial charge in [-0.25, -0.2) is 4.57 Å². The second-order valence-corrected chi connectivity index (χ2v) is 29.4. The Bertz CT molecular complexity index is 2840. The summed E-state index contributed by atoms with van der Waals surface area (Å²) in [4.78, 5) is 0. The molecule has 0 spiro atoms. The van der Waals surface area contributed by atoms with Crippen molar-refractivity contribution in [1.29, 1.82) is 0 Å². The van der Waals surface area contributed by atoms with Crippen LogP contribution in [0.5, 0.6) is 0 Å². The Labute approximate surface area is 466 Å². The molecule has 0 fully saturated rings. The quantitative estimate of drug-likeness (QED) is 0.0805. The molecule has 6 aromatic rings. The molecule has 5 heteroatoms. The molecule has 3 unspecified atom stereocenters. The standard InChI is InChI=1S/C72H93O4P/c1-46-37-61-64(70(13,14)49(4)67(61,7)8)40-58(46)34-31-52-19-25-55(26-20-52)43-74-77(73,75-44-56-27-21-53(22-28-56)32-35-59-41-65-62(38-47(59)2)68(9,10)50(5)71(65,15)16)76-45-57-29-23-54(24-30-57)33-36-60-42-66-63(39-48(60)3)69(11,12)51(6)72(66,17)18/h19-30,37-42,49-51H,31-36,43-45H2,1-18H3. The molecular weight excluding hydrogens is 960 g/mol. The van der Waals surface area contributed by atoms with E-state index in [9.17, 15) is 4.57 Å². The number of phosphoric acid groups is 1. The molecule has 0 amide bonds. The van der Waals surface area contributed by atoms with E-state index in [0.717, 1.165) is 55.2 Å². The predicted octanol–water partition coefficient (Wildman–Crippen LogP) is 18.6. The smallest absolute Gasteiger partial charge is 0.282 e. The van der Waals surface area contributed by atoms with Crippen molar-refractivity contribution in [3.05, 3.63) is 209 Å². The van der Waals surface area contributed by atoms with Crippen LogP contribution in [0, 0.1) is 38.5 Å².